The second-order valence-electron chi connectivity index (χ2n) is 3.60. The molecule has 1 unspecified atom stereocenters. The van der Waals surface area contributed by atoms with Gasteiger partial charge in [-0.3, -0.25) is 4.84 Å². The Bertz CT molecular complexity index is 126. The van der Waals surface area contributed by atoms with Crippen LogP contribution in [-0.2, 0) is 4.84 Å². The lowest BCUT2D eigenvalue weighted by atomic mass is 9.96. The summed E-state index contributed by atoms with van der Waals surface area (Å²) in [6.07, 6.45) is 5.35. The minimum absolute atomic E-state index is 0.160. The summed E-state index contributed by atoms with van der Waals surface area (Å²) in [4.78, 5) is 5.07. The van der Waals surface area contributed by atoms with Gasteiger partial charge in [0.1, 0.15) is 6.10 Å². The Hall–Kier alpha value is -0.160. The first-order valence-electron chi connectivity index (χ1n) is 4.99. The van der Waals surface area contributed by atoms with Crippen molar-refractivity contribution in [3.05, 3.63) is 0 Å². The van der Waals surface area contributed by atoms with Crippen molar-refractivity contribution in [2.24, 2.45) is 0 Å². The van der Waals surface area contributed by atoms with Crippen LogP contribution < -0.4 is 5.48 Å². The molecular formula is C9H19NO3. The summed E-state index contributed by atoms with van der Waals surface area (Å²) < 4.78 is 0. The van der Waals surface area contributed by atoms with Crippen LogP contribution in [0.15, 0.2) is 0 Å². The molecule has 78 valence electrons. The SMILES string of the molecule is OCC(O)CONC1CCCCC1. The van der Waals surface area contributed by atoms with E-state index in [1.807, 2.05) is 0 Å². The summed E-state index contributed by atoms with van der Waals surface area (Å²) in [7, 11) is 0. The van der Waals surface area contributed by atoms with E-state index >= 15 is 0 Å². The van der Waals surface area contributed by atoms with Gasteiger partial charge in [0.15, 0.2) is 0 Å². The molecule has 0 spiro atoms. The molecule has 0 radical (unpaired) electrons. The van der Waals surface area contributed by atoms with Gasteiger partial charge in [0.25, 0.3) is 0 Å². The van der Waals surface area contributed by atoms with Crippen molar-refractivity contribution in [2.45, 2.75) is 44.2 Å². The summed E-state index contributed by atoms with van der Waals surface area (Å²) in [5, 5.41) is 17.5. The molecule has 1 aliphatic rings. The second-order valence-corrected chi connectivity index (χ2v) is 3.60. The van der Waals surface area contributed by atoms with Crippen LogP contribution in [0.25, 0.3) is 0 Å². The average molecular weight is 189 g/mol. The molecule has 1 fully saturated rings. The first-order valence-corrected chi connectivity index (χ1v) is 4.99. The Morgan fingerprint density at radius 2 is 2.00 bits per heavy atom. The molecule has 0 saturated heterocycles. The predicted octanol–water partition coefficient (Wildman–Crippen LogP) is 0.193. The molecule has 0 heterocycles. The number of aliphatic hydroxyl groups is 2. The first-order chi connectivity index (χ1) is 6.33. The van der Waals surface area contributed by atoms with E-state index in [0.717, 1.165) is 12.8 Å². The Kier molecular flexibility index (Phi) is 5.31. The first kappa shape index (κ1) is 10.9. The highest BCUT2D eigenvalue weighted by atomic mass is 16.7. The molecular weight excluding hydrogens is 170 g/mol. The Morgan fingerprint density at radius 3 is 2.62 bits per heavy atom. The van der Waals surface area contributed by atoms with Crippen LogP contribution in [0.1, 0.15) is 32.1 Å². The molecule has 1 aliphatic carbocycles. The fourth-order valence-corrected chi connectivity index (χ4v) is 1.54. The van der Waals surface area contributed by atoms with Crippen LogP contribution in [0.3, 0.4) is 0 Å². The molecule has 1 saturated carbocycles. The zero-order valence-electron chi connectivity index (χ0n) is 7.91. The predicted molar refractivity (Wildman–Crippen MR) is 49.1 cm³/mol. The third kappa shape index (κ3) is 4.57. The highest BCUT2D eigenvalue weighted by Gasteiger charge is 2.13. The van der Waals surface area contributed by atoms with Gasteiger partial charge in [0, 0.05) is 6.04 Å². The molecule has 0 bridgehead atoms. The van der Waals surface area contributed by atoms with Crippen LogP contribution in [0.2, 0.25) is 0 Å². The molecule has 0 aromatic rings. The van der Waals surface area contributed by atoms with E-state index in [1.165, 1.54) is 19.3 Å². The van der Waals surface area contributed by atoms with Crippen molar-refractivity contribution < 1.29 is 15.1 Å². The van der Waals surface area contributed by atoms with E-state index < -0.39 is 6.10 Å². The zero-order chi connectivity index (χ0) is 9.52. The van der Waals surface area contributed by atoms with Gasteiger partial charge in [-0.05, 0) is 12.8 Å². The summed E-state index contributed by atoms with van der Waals surface area (Å²) in [6, 6.07) is 0.430. The molecule has 3 N–H and O–H groups in total. The third-order valence-corrected chi connectivity index (χ3v) is 2.34. The molecule has 0 aromatic heterocycles. The quantitative estimate of drug-likeness (QED) is 0.540. The number of hydroxylamine groups is 1. The number of aliphatic hydroxyl groups excluding tert-OH is 2. The Morgan fingerprint density at radius 1 is 1.31 bits per heavy atom. The van der Waals surface area contributed by atoms with E-state index in [9.17, 15) is 0 Å². The summed E-state index contributed by atoms with van der Waals surface area (Å²) in [5.41, 5.74) is 2.92. The smallest absolute Gasteiger partial charge is 0.102 e. The fraction of sp³-hybridized carbons (Fsp3) is 1.00. The topological polar surface area (TPSA) is 61.7 Å². The van der Waals surface area contributed by atoms with Crippen molar-refractivity contribution in [1.82, 2.24) is 5.48 Å². The van der Waals surface area contributed by atoms with Gasteiger partial charge in [0.05, 0.1) is 13.2 Å². The maximum absolute atomic E-state index is 8.97. The van der Waals surface area contributed by atoms with Crippen molar-refractivity contribution in [2.75, 3.05) is 13.2 Å². The number of hydrogen-bond acceptors (Lipinski definition) is 4. The minimum atomic E-state index is -0.768. The Balaban J connectivity index is 1.98. The molecule has 1 atom stereocenters. The molecule has 0 aliphatic heterocycles. The van der Waals surface area contributed by atoms with Crippen LogP contribution in [-0.4, -0.2) is 35.6 Å². The molecule has 13 heavy (non-hydrogen) atoms. The average Bonchev–Trinajstić information content (AvgIpc) is 2.19. The van der Waals surface area contributed by atoms with Gasteiger partial charge >= 0.3 is 0 Å². The highest BCUT2D eigenvalue weighted by molar-refractivity contribution is 4.68. The standard InChI is InChI=1S/C9H19NO3/c11-6-9(12)7-13-10-8-4-2-1-3-5-8/h8-12H,1-7H2. The van der Waals surface area contributed by atoms with E-state index in [2.05, 4.69) is 5.48 Å². The van der Waals surface area contributed by atoms with Gasteiger partial charge in [-0.2, -0.15) is 5.48 Å². The van der Waals surface area contributed by atoms with E-state index in [-0.39, 0.29) is 13.2 Å². The maximum atomic E-state index is 8.97. The van der Waals surface area contributed by atoms with E-state index in [1.54, 1.807) is 0 Å². The highest BCUT2D eigenvalue weighted by Crippen LogP contribution is 2.17. The molecule has 1 rings (SSSR count). The summed E-state index contributed by atoms with van der Waals surface area (Å²) >= 11 is 0. The molecule has 0 aromatic carbocycles. The molecule has 4 heteroatoms. The number of hydrogen-bond donors (Lipinski definition) is 3. The minimum Gasteiger partial charge on any atom is -0.394 e. The van der Waals surface area contributed by atoms with Crippen molar-refractivity contribution >= 4 is 0 Å². The van der Waals surface area contributed by atoms with Gasteiger partial charge < -0.3 is 10.2 Å². The van der Waals surface area contributed by atoms with E-state index in [0.29, 0.717) is 6.04 Å². The molecule has 4 nitrogen and oxygen atoms in total. The monoisotopic (exact) mass is 189 g/mol. The van der Waals surface area contributed by atoms with Crippen LogP contribution in [0, 0.1) is 0 Å². The lowest BCUT2D eigenvalue weighted by molar-refractivity contribution is -0.0538. The second kappa shape index (κ2) is 6.32. The lowest BCUT2D eigenvalue weighted by Gasteiger charge is -2.22. The Labute approximate surface area is 78.9 Å². The van der Waals surface area contributed by atoms with Crippen molar-refractivity contribution in [3.63, 3.8) is 0 Å². The maximum Gasteiger partial charge on any atom is 0.102 e. The van der Waals surface area contributed by atoms with Gasteiger partial charge in [-0.1, -0.05) is 19.3 Å². The van der Waals surface area contributed by atoms with Gasteiger partial charge in [-0.25, -0.2) is 0 Å². The van der Waals surface area contributed by atoms with Crippen LogP contribution in [0.5, 0.6) is 0 Å². The number of nitrogens with one attached hydrogen (secondary N) is 1. The largest absolute Gasteiger partial charge is 0.394 e. The van der Waals surface area contributed by atoms with Crippen LogP contribution in [0.4, 0.5) is 0 Å². The molecule has 0 amide bonds. The van der Waals surface area contributed by atoms with Gasteiger partial charge in [0.2, 0.25) is 0 Å². The number of rotatable bonds is 5. The lowest BCUT2D eigenvalue weighted by Crippen LogP contribution is -2.34. The van der Waals surface area contributed by atoms with Gasteiger partial charge in [-0.15, -0.1) is 0 Å². The van der Waals surface area contributed by atoms with Crippen molar-refractivity contribution in [1.29, 1.82) is 0 Å². The van der Waals surface area contributed by atoms with Crippen LogP contribution >= 0.6 is 0 Å². The van der Waals surface area contributed by atoms with E-state index in [4.69, 9.17) is 15.1 Å². The summed E-state index contributed by atoms with van der Waals surface area (Å²) in [6.45, 7) is -0.0840. The van der Waals surface area contributed by atoms with Crippen molar-refractivity contribution in [3.8, 4) is 0 Å². The fourth-order valence-electron chi connectivity index (χ4n) is 1.54. The normalized spacial score (nSPS) is 21.7. The zero-order valence-corrected chi connectivity index (χ0v) is 7.91. The third-order valence-electron chi connectivity index (χ3n) is 2.34. The summed E-state index contributed by atoms with van der Waals surface area (Å²) in [5.74, 6) is 0.